The van der Waals surface area contributed by atoms with Gasteiger partial charge in [-0.1, -0.05) is 61.0 Å². The molecule has 0 radical (unpaired) electrons. The summed E-state index contributed by atoms with van der Waals surface area (Å²) < 4.78 is 10.9. The zero-order chi connectivity index (χ0) is 36.3. The maximum Gasteiger partial charge on any atom is 0.272 e. The van der Waals surface area contributed by atoms with Crippen LogP contribution in [0, 0.1) is 18.3 Å². The van der Waals surface area contributed by atoms with E-state index in [1.807, 2.05) is 49.6 Å². The van der Waals surface area contributed by atoms with E-state index in [0.717, 1.165) is 21.6 Å². The van der Waals surface area contributed by atoms with Crippen LogP contribution in [0.4, 0.5) is 10.7 Å². The fraction of sp³-hybridized carbons (Fsp3) is 0.150. The molecule has 3 N–H and O–H groups in total. The van der Waals surface area contributed by atoms with E-state index in [2.05, 4.69) is 22.0 Å². The summed E-state index contributed by atoms with van der Waals surface area (Å²) in [6, 6.07) is 31.0. The third-order valence-electron chi connectivity index (χ3n) is 7.80. The largest absolute Gasteiger partial charge is 0.497 e. The van der Waals surface area contributed by atoms with Crippen molar-refractivity contribution < 1.29 is 23.9 Å². The molecule has 5 aromatic rings. The fourth-order valence-electron chi connectivity index (χ4n) is 5.08. The summed E-state index contributed by atoms with van der Waals surface area (Å²) in [7, 11) is 3.05. The molecule has 0 bridgehead atoms. The average Bonchev–Trinajstić information content (AvgIpc) is 3.56. The highest BCUT2D eigenvalue weighted by Gasteiger charge is 2.23. The molecular weight excluding hydrogens is 681 g/mol. The van der Waals surface area contributed by atoms with Gasteiger partial charge < -0.3 is 25.4 Å². The van der Waals surface area contributed by atoms with E-state index in [1.165, 1.54) is 43.4 Å². The second-order valence-corrected chi connectivity index (χ2v) is 13.5. The number of hydrogen-bond acceptors (Lipinski definition) is 8. The number of thiophene rings is 1. The lowest BCUT2D eigenvalue weighted by Crippen LogP contribution is -2.30. The lowest BCUT2D eigenvalue weighted by molar-refractivity contribution is -0.116. The Morgan fingerprint density at radius 1 is 0.922 bits per heavy atom. The highest BCUT2D eigenvalue weighted by molar-refractivity contribution is 8.00. The van der Waals surface area contributed by atoms with Crippen molar-refractivity contribution in [2.45, 2.75) is 30.4 Å². The Bertz CT molecular complexity index is 2100. The van der Waals surface area contributed by atoms with Gasteiger partial charge in [0.05, 0.1) is 25.0 Å². The number of aryl methyl sites for hydroxylation is 1. The number of nitriles is 1. The van der Waals surface area contributed by atoms with E-state index in [1.54, 1.807) is 66.7 Å². The molecule has 5 rings (SSSR count). The number of nitrogens with zero attached hydrogens (tertiary/aromatic N) is 1. The molecule has 9 nitrogen and oxygen atoms in total. The first kappa shape index (κ1) is 36.5. The van der Waals surface area contributed by atoms with Crippen molar-refractivity contribution in [2.75, 3.05) is 24.9 Å². The molecule has 3 amide bonds. The predicted octanol–water partition coefficient (Wildman–Crippen LogP) is 8.53. The van der Waals surface area contributed by atoms with E-state index >= 15 is 0 Å². The van der Waals surface area contributed by atoms with E-state index in [4.69, 9.17) is 9.47 Å². The van der Waals surface area contributed by atoms with Gasteiger partial charge in [-0.2, -0.15) is 5.26 Å². The standard InChI is InChI=1S/C40H36N4O5S2/c1-5-36(39(47)44-40-32(23-41)33(24-50-40)26-16-14-25(2)15-17-26)51-31-13-9-12-29(22-31)42-38(46)34(43-37(45)27-10-7-6-8-11-27)21-28-20-30(48-3)18-19-35(28)49-4/h6-22,24,36H,5H2,1-4H3,(H,42,46)(H,43,45)(H,44,47)/b34-21+. The minimum absolute atomic E-state index is 0.0199. The van der Waals surface area contributed by atoms with Gasteiger partial charge in [0.25, 0.3) is 11.8 Å². The van der Waals surface area contributed by atoms with Crippen molar-refractivity contribution in [2.24, 2.45) is 0 Å². The van der Waals surface area contributed by atoms with Crippen LogP contribution in [0.1, 0.15) is 40.4 Å². The van der Waals surface area contributed by atoms with Crippen LogP contribution in [0.3, 0.4) is 0 Å². The topological polar surface area (TPSA) is 130 Å². The van der Waals surface area contributed by atoms with Crippen LogP contribution in [0.25, 0.3) is 17.2 Å². The van der Waals surface area contributed by atoms with Crippen molar-refractivity contribution in [3.8, 4) is 28.7 Å². The SMILES string of the molecule is CCC(Sc1cccc(NC(=O)/C(=C\c2cc(OC)ccc2OC)NC(=O)c2ccccc2)c1)C(=O)Nc1scc(-c2ccc(C)cc2)c1C#N. The van der Waals surface area contributed by atoms with Gasteiger partial charge in [0.15, 0.2) is 0 Å². The molecule has 4 aromatic carbocycles. The first-order chi connectivity index (χ1) is 24.7. The lowest BCUT2D eigenvalue weighted by Gasteiger charge is -2.16. The maximum absolute atomic E-state index is 13.8. The van der Waals surface area contributed by atoms with Gasteiger partial charge in [-0.05, 0) is 73.5 Å². The van der Waals surface area contributed by atoms with Crippen molar-refractivity contribution in [3.05, 3.63) is 130 Å². The Kier molecular flexibility index (Phi) is 12.3. The van der Waals surface area contributed by atoms with E-state index in [-0.39, 0.29) is 11.6 Å². The molecule has 51 heavy (non-hydrogen) atoms. The van der Waals surface area contributed by atoms with Crippen LogP contribution in [-0.2, 0) is 9.59 Å². The second-order valence-electron chi connectivity index (χ2n) is 11.3. The average molecular weight is 717 g/mol. The number of benzene rings is 4. The molecule has 1 unspecified atom stereocenters. The monoisotopic (exact) mass is 716 g/mol. The summed E-state index contributed by atoms with van der Waals surface area (Å²) in [4.78, 5) is 41.1. The summed E-state index contributed by atoms with van der Waals surface area (Å²) in [5.41, 5.74) is 4.58. The Morgan fingerprint density at radius 2 is 1.69 bits per heavy atom. The number of methoxy groups -OCH3 is 2. The summed E-state index contributed by atoms with van der Waals surface area (Å²) in [5.74, 6) is -0.233. The molecular formula is C40H36N4O5S2. The molecule has 0 aliphatic heterocycles. The summed E-state index contributed by atoms with van der Waals surface area (Å²) >= 11 is 2.67. The van der Waals surface area contributed by atoms with Crippen molar-refractivity contribution >= 4 is 57.6 Å². The van der Waals surface area contributed by atoms with E-state index in [9.17, 15) is 19.6 Å². The first-order valence-electron chi connectivity index (χ1n) is 16.0. The quantitative estimate of drug-likeness (QED) is 0.0823. The second kappa shape index (κ2) is 17.2. The molecule has 0 saturated carbocycles. The molecule has 1 atom stereocenters. The summed E-state index contributed by atoms with van der Waals surface area (Å²) in [6.45, 7) is 3.92. The molecule has 0 fully saturated rings. The van der Waals surface area contributed by atoms with Gasteiger partial charge in [-0.3, -0.25) is 14.4 Å². The zero-order valence-corrected chi connectivity index (χ0v) is 30.1. The first-order valence-corrected chi connectivity index (χ1v) is 17.8. The van der Waals surface area contributed by atoms with Crippen molar-refractivity contribution in [1.82, 2.24) is 5.32 Å². The van der Waals surface area contributed by atoms with Crippen molar-refractivity contribution in [3.63, 3.8) is 0 Å². The Hall–Kier alpha value is -5.83. The molecule has 1 aromatic heterocycles. The number of ether oxygens (including phenoxy) is 2. The van der Waals surface area contributed by atoms with Crippen LogP contribution in [-0.4, -0.2) is 37.2 Å². The van der Waals surface area contributed by atoms with Gasteiger partial charge in [0.2, 0.25) is 5.91 Å². The molecule has 11 heteroatoms. The van der Waals surface area contributed by atoms with Crippen LogP contribution in [0.5, 0.6) is 11.5 Å². The number of hydrogen-bond donors (Lipinski definition) is 3. The Labute approximate surface area is 305 Å². The van der Waals surface area contributed by atoms with Crippen LogP contribution >= 0.6 is 23.1 Å². The zero-order valence-electron chi connectivity index (χ0n) is 28.5. The van der Waals surface area contributed by atoms with E-state index < -0.39 is 17.1 Å². The molecule has 0 spiro atoms. The smallest absolute Gasteiger partial charge is 0.272 e. The van der Waals surface area contributed by atoms with E-state index in [0.29, 0.717) is 45.3 Å². The number of thioether (sulfide) groups is 1. The van der Waals surface area contributed by atoms with Gasteiger partial charge in [0.1, 0.15) is 28.3 Å². The third-order valence-corrected chi connectivity index (χ3v) is 10.1. The molecule has 0 saturated heterocycles. The number of carbonyl (C=O) groups is 3. The minimum atomic E-state index is -0.567. The number of rotatable bonds is 13. The van der Waals surface area contributed by atoms with Gasteiger partial charge >= 0.3 is 0 Å². The highest BCUT2D eigenvalue weighted by atomic mass is 32.2. The maximum atomic E-state index is 13.8. The normalized spacial score (nSPS) is 11.5. The Morgan fingerprint density at radius 3 is 2.37 bits per heavy atom. The predicted molar refractivity (Wildman–Crippen MR) is 204 cm³/mol. The molecule has 0 aliphatic rings. The Balaban J connectivity index is 1.34. The lowest BCUT2D eigenvalue weighted by atomic mass is 10.0. The van der Waals surface area contributed by atoms with Gasteiger partial charge in [0, 0.05) is 32.7 Å². The number of amides is 3. The summed E-state index contributed by atoms with van der Waals surface area (Å²) in [6.07, 6.45) is 2.05. The number of carbonyl (C=O) groups excluding carboxylic acids is 3. The number of anilines is 2. The molecule has 1 heterocycles. The summed E-state index contributed by atoms with van der Waals surface area (Å²) in [5, 5.41) is 20.5. The van der Waals surface area contributed by atoms with Crippen molar-refractivity contribution in [1.29, 1.82) is 5.26 Å². The van der Waals surface area contributed by atoms with Gasteiger partial charge in [-0.15, -0.1) is 23.1 Å². The molecule has 258 valence electrons. The van der Waals surface area contributed by atoms with Crippen LogP contribution < -0.4 is 25.4 Å². The third kappa shape index (κ3) is 9.25. The minimum Gasteiger partial charge on any atom is -0.497 e. The molecule has 0 aliphatic carbocycles. The van der Waals surface area contributed by atoms with Crippen LogP contribution in [0.2, 0.25) is 0 Å². The fourth-order valence-corrected chi connectivity index (χ4v) is 7.02. The van der Waals surface area contributed by atoms with Crippen LogP contribution in [0.15, 0.2) is 113 Å². The van der Waals surface area contributed by atoms with Gasteiger partial charge in [-0.25, -0.2) is 0 Å². The number of nitrogens with one attached hydrogen (secondary N) is 3. The highest BCUT2D eigenvalue weighted by Crippen LogP contribution is 2.36.